The molecule has 1 heterocycles. The Morgan fingerprint density at radius 2 is 2.50 bits per heavy atom. The van der Waals surface area contributed by atoms with E-state index in [4.69, 9.17) is 4.74 Å². The van der Waals surface area contributed by atoms with Gasteiger partial charge in [-0.15, -0.1) is 0 Å². The molecular formula is C4H6O2. The molecule has 1 aliphatic rings. The fourth-order valence-corrected chi connectivity index (χ4v) is 0.311. The highest BCUT2D eigenvalue weighted by atomic mass is 16.7. The van der Waals surface area contributed by atoms with Crippen molar-refractivity contribution in [3.8, 4) is 0 Å². The highest BCUT2D eigenvalue weighted by Crippen LogP contribution is 1.87. The van der Waals surface area contributed by atoms with Crippen LogP contribution in [0.2, 0.25) is 0 Å². The Labute approximate surface area is 36.4 Å². The Bertz CT molecular complexity index is 50.6. The van der Waals surface area contributed by atoms with Gasteiger partial charge in [-0.25, -0.2) is 0 Å². The van der Waals surface area contributed by atoms with Crippen LogP contribution in [0.15, 0.2) is 12.3 Å². The minimum Gasteiger partial charge on any atom is -0.475 e. The van der Waals surface area contributed by atoms with E-state index in [0.717, 1.165) is 0 Å². The van der Waals surface area contributed by atoms with Gasteiger partial charge in [0.1, 0.15) is 0 Å². The van der Waals surface area contributed by atoms with Crippen LogP contribution in [0.25, 0.3) is 0 Å². The van der Waals surface area contributed by atoms with Crippen LogP contribution in [-0.4, -0.2) is 13.4 Å². The fourth-order valence-electron chi connectivity index (χ4n) is 0.311. The topological polar surface area (TPSA) is 18.5 Å². The molecule has 0 aliphatic carbocycles. The second-order valence-electron chi connectivity index (χ2n) is 1.03. The molecule has 0 amide bonds. The molecule has 0 aromatic heterocycles. The lowest BCUT2D eigenvalue weighted by Crippen LogP contribution is -1.99. The third kappa shape index (κ3) is 0.723. The highest BCUT2D eigenvalue weighted by molar-refractivity contribution is 4.73. The van der Waals surface area contributed by atoms with Crippen LogP contribution in [0.1, 0.15) is 0 Å². The largest absolute Gasteiger partial charge is 0.475 e. The van der Waals surface area contributed by atoms with Crippen molar-refractivity contribution in [2.75, 3.05) is 13.4 Å². The monoisotopic (exact) mass is 86.0 g/mol. The lowest BCUT2D eigenvalue weighted by atomic mass is 10.7. The summed E-state index contributed by atoms with van der Waals surface area (Å²) in [5.41, 5.74) is 0. The van der Waals surface area contributed by atoms with E-state index in [-0.39, 0.29) is 0 Å². The molecule has 0 radical (unpaired) electrons. The zero-order chi connectivity index (χ0) is 4.24. The fraction of sp³-hybridized carbons (Fsp3) is 0.500. The summed E-state index contributed by atoms with van der Waals surface area (Å²) in [5.74, 6) is 0. The van der Waals surface area contributed by atoms with E-state index in [9.17, 15) is 0 Å². The van der Waals surface area contributed by atoms with Crippen molar-refractivity contribution >= 4 is 0 Å². The van der Waals surface area contributed by atoms with Crippen LogP contribution >= 0.6 is 0 Å². The standard InChI is InChI=1S/C4H6O2/c1-2-5-4-6-3-1/h1-2H,3-4H2. The average molecular weight is 86.1 g/mol. The second kappa shape index (κ2) is 1.82. The van der Waals surface area contributed by atoms with Crippen molar-refractivity contribution < 1.29 is 9.47 Å². The average Bonchev–Trinajstić information content (AvgIpc) is 1.72. The first-order valence-corrected chi connectivity index (χ1v) is 1.84. The molecule has 0 aromatic carbocycles. The maximum atomic E-state index is 4.76. The molecule has 0 N–H and O–H groups in total. The van der Waals surface area contributed by atoms with Gasteiger partial charge in [0.15, 0.2) is 6.79 Å². The van der Waals surface area contributed by atoms with Crippen LogP contribution < -0.4 is 0 Å². The lowest BCUT2D eigenvalue weighted by Gasteiger charge is -2.03. The Balaban J connectivity index is 2.26. The van der Waals surface area contributed by atoms with Gasteiger partial charge in [-0.3, -0.25) is 0 Å². The minimum absolute atomic E-state index is 0.413. The zero-order valence-corrected chi connectivity index (χ0v) is 3.39. The van der Waals surface area contributed by atoms with Crippen molar-refractivity contribution in [2.24, 2.45) is 0 Å². The first-order chi connectivity index (χ1) is 3.00. The van der Waals surface area contributed by atoms with Gasteiger partial charge in [0, 0.05) is 0 Å². The van der Waals surface area contributed by atoms with Gasteiger partial charge in [-0.05, 0) is 6.08 Å². The number of hydrogen-bond acceptors (Lipinski definition) is 2. The summed E-state index contributed by atoms with van der Waals surface area (Å²) in [6.07, 6.45) is 3.47. The maximum absolute atomic E-state index is 4.76. The van der Waals surface area contributed by atoms with Gasteiger partial charge in [-0.2, -0.15) is 0 Å². The smallest absolute Gasteiger partial charge is 0.188 e. The molecule has 0 spiro atoms. The third-order valence-electron chi connectivity index (χ3n) is 0.558. The SMILES string of the molecule is C1=COCOC1. The van der Waals surface area contributed by atoms with Crippen LogP contribution in [-0.2, 0) is 9.47 Å². The number of rotatable bonds is 0. The molecule has 1 aliphatic heterocycles. The Hall–Kier alpha value is -0.500. The molecule has 0 fully saturated rings. The Morgan fingerprint density at radius 3 is 2.67 bits per heavy atom. The van der Waals surface area contributed by atoms with E-state index < -0.39 is 0 Å². The summed E-state index contributed by atoms with van der Waals surface area (Å²) in [7, 11) is 0. The number of ether oxygens (including phenoxy) is 2. The molecule has 0 saturated heterocycles. The molecule has 0 bridgehead atoms. The van der Waals surface area contributed by atoms with E-state index in [0.29, 0.717) is 13.4 Å². The first kappa shape index (κ1) is 3.68. The predicted octanol–water partition coefficient (Wildman–Crippen LogP) is 0.504. The molecule has 2 nitrogen and oxygen atoms in total. The van der Waals surface area contributed by atoms with Crippen molar-refractivity contribution in [1.29, 1.82) is 0 Å². The lowest BCUT2D eigenvalue weighted by molar-refractivity contribution is -0.0147. The van der Waals surface area contributed by atoms with Crippen molar-refractivity contribution in [1.82, 2.24) is 0 Å². The minimum atomic E-state index is 0.413. The van der Waals surface area contributed by atoms with Crippen LogP contribution in [0.4, 0.5) is 0 Å². The van der Waals surface area contributed by atoms with Crippen LogP contribution in [0.3, 0.4) is 0 Å². The van der Waals surface area contributed by atoms with Gasteiger partial charge >= 0.3 is 0 Å². The van der Waals surface area contributed by atoms with E-state index in [2.05, 4.69) is 4.74 Å². The Morgan fingerprint density at radius 1 is 1.50 bits per heavy atom. The first-order valence-electron chi connectivity index (χ1n) is 1.84. The molecule has 0 atom stereocenters. The van der Waals surface area contributed by atoms with Crippen molar-refractivity contribution in [3.05, 3.63) is 12.3 Å². The summed E-state index contributed by atoms with van der Waals surface area (Å²) < 4.78 is 9.43. The van der Waals surface area contributed by atoms with E-state index in [1.807, 2.05) is 6.08 Å². The summed E-state index contributed by atoms with van der Waals surface area (Å²) in [5, 5.41) is 0. The third-order valence-corrected chi connectivity index (χ3v) is 0.558. The van der Waals surface area contributed by atoms with E-state index >= 15 is 0 Å². The molecule has 34 valence electrons. The van der Waals surface area contributed by atoms with Crippen LogP contribution in [0, 0.1) is 0 Å². The highest BCUT2D eigenvalue weighted by Gasteiger charge is 1.84. The molecule has 0 aromatic rings. The van der Waals surface area contributed by atoms with Gasteiger partial charge in [0.2, 0.25) is 0 Å². The van der Waals surface area contributed by atoms with Gasteiger partial charge in [0.25, 0.3) is 0 Å². The molecule has 6 heavy (non-hydrogen) atoms. The molecule has 1 rings (SSSR count). The second-order valence-corrected chi connectivity index (χ2v) is 1.03. The van der Waals surface area contributed by atoms with Crippen molar-refractivity contribution in [2.45, 2.75) is 0 Å². The molecule has 2 heteroatoms. The summed E-state index contributed by atoms with van der Waals surface area (Å²) in [6, 6.07) is 0. The molecular weight excluding hydrogens is 80.0 g/mol. The summed E-state index contributed by atoms with van der Waals surface area (Å²) in [6.45, 7) is 1.11. The summed E-state index contributed by atoms with van der Waals surface area (Å²) >= 11 is 0. The normalized spacial score (nSPS) is 20.0. The van der Waals surface area contributed by atoms with Gasteiger partial charge in [0.05, 0.1) is 12.9 Å². The van der Waals surface area contributed by atoms with Gasteiger partial charge < -0.3 is 9.47 Å². The van der Waals surface area contributed by atoms with E-state index in [1.54, 1.807) is 6.26 Å². The van der Waals surface area contributed by atoms with Crippen molar-refractivity contribution in [3.63, 3.8) is 0 Å². The maximum Gasteiger partial charge on any atom is 0.188 e. The zero-order valence-electron chi connectivity index (χ0n) is 3.39. The quantitative estimate of drug-likeness (QED) is 0.427. The molecule has 0 unspecified atom stereocenters. The molecule has 0 saturated carbocycles. The van der Waals surface area contributed by atoms with Gasteiger partial charge in [-0.1, -0.05) is 0 Å². The predicted molar refractivity (Wildman–Crippen MR) is 21.0 cm³/mol. The summed E-state index contributed by atoms with van der Waals surface area (Å²) in [4.78, 5) is 0. The Kier molecular flexibility index (Phi) is 1.12. The van der Waals surface area contributed by atoms with Crippen LogP contribution in [0.5, 0.6) is 0 Å². The van der Waals surface area contributed by atoms with E-state index in [1.165, 1.54) is 0 Å². The number of hydrogen-bond donors (Lipinski definition) is 0.